The van der Waals surface area contributed by atoms with Crippen LogP contribution in [-0.4, -0.2) is 6.41 Å². The van der Waals surface area contributed by atoms with E-state index >= 15 is 0 Å². The Morgan fingerprint density at radius 2 is 0.548 bits per heavy atom. The molecule has 0 saturated carbocycles. The first kappa shape index (κ1) is 69.3. The first-order valence-corrected chi connectivity index (χ1v) is 31.5. The zero-order valence-corrected chi connectivity index (χ0v) is 58.5. The summed E-state index contributed by atoms with van der Waals surface area (Å²) in [6.07, 6.45) is 16.7. The molecular formula is C80H84Cl2Zr2-2. The monoisotopic (exact) mass is 1290 g/mol. The fourth-order valence-electron chi connectivity index (χ4n) is 9.69. The molecule has 0 bridgehead atoms. The molecule has 10 aromatic carbocycles. The van der Waals surface area contributed by atoms with E-state index in [1.807, 2.05) is 0 Å². The third-order valence-electron chi connectivity index (χ3n) is 14.9. The first-order valence-electron chi connectivity index (χ1n) is 29.0. The molecule has 2 aliphatic rings. The number of benzene rings is 8. The molecule has 0 radical (unpaired) electrons. The molecule has 0 atom stereocenters. The normalized spacial score (nSPS) is 12.5. The SMILES string of the molecule is CC(C)(C)c1ccc2c(c1)[cH-]c1cc(C(C)(C)C)ccc12.CC(C)(C)c1ccc2c(c1)[cH-]c1cc(C(C)(C)C)ccc12.CC1=[C-]CC=C1.CC1=[C-]CC=C1.[Cl-].[Cl-].[Zr+2]=[C](c1ccccc1)c1ccccc1.[Zr+2]=[C](c1ccccc1)c1ccccc1. The van der Waals surface area contributed by atoms with E-state index in [1.54, 1.807) is 0 Å². The average Bonchev–Trinajstić information content (AvgIpc) is 2.78. The van der Waals surface area contributed by atoms with Crippen molar-refractivity contribution in [2.45, 2.75) is 131 Å². The summed E-state index contributed by atoms with van der Waals surface area (Å²) >= 11 is 2.92. The van der Waals surface area contributed by atoms with E-state index in [-0.39, 0.29) is 46.5 Å². The van der Waals surface area contributed by atoms with Crippen LogP contribution in [0.5, 0.6) is 0 Å². The number of rotatable bonds is 4. The molecule has 0 aliphatic heterocycles. The fourth-order valence-corrected chi connectivity index (χ4v) is 11.3. The van der Waals surface area contributed by atoms with Crippen molar-refractivity contribution in [1.82, 2.24) is 0 Å². The van der Waals surface area contributed by atoms with Crippen LogP contribution in [0.4, 0.5) is 0 Å². The zero-order chi connectivity index (χ0) is 59.2. The predicted molar refractivity (Wildman–Crippen MR) is 353 cm³/mol. The molecular weight excluding hydrogens is 1210 g/mol. The van der Waals surface area contributed by atoms with E-state index in [4.69, 9.17) is 0 Å². The van der Waals surface area contributed by atoms with Gasteiger partial charge in [0, 0.05) is 0 Å². The summed E-state index contributed by atoms with van der Waals surface area (Å²) in [4.78, 5) is 0. The van der Waals surface area contributed by atoms with E-state index in [2.05, 4.69) is 340 Å². The van der Waals surface area contributed by atoms with Crippen molar-refractivity contribution in [3.05, 3.63) is 298 Å². The van der Waals surface area contributed by atoms with E-state index in [0.29, 0.717) is 0 Å². The summed E-state index contributed by atoms with van der Waals surface area (Å²) in [5.74, 6) is 0. The van der Waals surface area contributed by atoms with Gasteiger partial charge in [0.25, 0.3) is 0 Å². The third-order valence-corrected chi connectivity index (χ3v) is 17.7. The summed E-state index contributed by atoms with van der Waals surface area (Å²) in [5, 5.41) is 11.0. The summed E-state index contributed by atoms with van der Waals surface area (Å²) in [5.41, 5.74) is 14.3. The molecule has 0 amide bonds. The molecule has 84 heavy (non-hydrogen) atoms. The molecule has 4 heteroatoms. The minimum absolute atomic E-state index is 0. The zero-order valence-electron chi connectivity index (χ0n) is 52.1. The van der Waals surface area contributed by atoms with Crippen molar-refractivity contribution in [3.8, 4) is 0 Å². The third kappa shape index (κ3) is 19.8. The van der Waals surface area contributed by atoms with Gasteiger partial charge in [0.15, 0.2) is 0 Å². The molecule has 0 heterocycles. The van der Waals surface area contributed by atoms with Gasteiger partial charge in [-0.15, -0.1) is 92.3 Å². The maximum atomic E-state index is 3.12. The molecule has 12 rings (SSSR count). The Balaban J connectivity index is 0.000000193. The number of fused-ring (bicyclic) bond motifs is 6. The minimum atomic E-state index is 0. The standard InChI is InChI=1S/2C21H25.2C13H10.2C6H7.2ClH.2Zr/c2*1-20(2,3)16-7-9-18-14(12-16)11-15-13-17(21(4,5)6)8-10-19(15)18;2*1-3-7-12(8-4-1)11-13-9-5-2-6-10-13;2*1-6-4-2-3-5-6;;;;/h2*7-13H,1-6H3;2*1-10H;2*2,4H,3H2,1H3;2*1H;;/q2*-1;;;2*-1;;;2*+2/p-2. The van der Waals surface area contributed by atoms with Crippen molar-refractivity contribution < 1.29 is 73.3 Å². The van der Waals surface area contributed by atoms with E-state index in [1.165, 1.54) is 154 Å². The van der Waals surface area contributed by atoms with Gasteiger partial charge in [0.1, 0.15) is 0 Å². The first-order chi connectivity index (χ1) is 38.9. The van der Waals surface area contributed by atoms with Crippen LogP contribution in [-0.2, 0) is 70.1 Å². The Bertz CT molecular complexity index is 3370. The van der Waals surface area contributed by atoms with Crippen molar-refractivity contribution in [2.75, 3.05) is 0 Å². The molecule has 0 spiro atoms. The summed E-state index contributed by atoms with van der Waals surface area (Å²) in [7, 11) is 0. The molecule has 0 N–H and O–H groups in total. The van der Waals surface area contributed by atoms with Gasteiger partial charge in [-0.2, -0.15) is 12.2 Å². The summed E-state index contributed by atoms with van der Waals surface area (Å²) in [6.45, 7) is 31.4. The van der Waals surface area contributed by atoms with Gasteiger partial charge in [0.05, 0.1) is 0 Å². The van der Waals surface area contributed by atoms with Crippen molar-refractivity contribution in [1.29, 1.82) is 0 Å². The van der Waals surface area contributed by atoms with Gasteiger partial charge < -0.3 is 24.8 Å². The number of hydrogen-bond donors (Lipinski definition) is 0. The van der Waals surface area contributed by atoms with Crippen molar-refractivity contribution in [2.24, 2.45) is 0 Å². The van der Waals surface area contributed by atoms with Crippen molar-refractivity contribution >= 4 is 49.5 Å². The fraction of sp³-hybridized carbons (Fsp3) is 0.250. The summed E-state index contributed by atoms with van der Waals surface area (Å²) < 4.78 is 2.83. The van der Waals surface area contributed by atoms with Gasteiger partial charge in [-0.1, -0.05) is 168 Å². The molecule has 0 unspecified atom stereocenters. The number of allylic oxidation sites excluding steroid dienone is 8. The molecule has 2 aliphatic carbocycles. The Labute approximate surface area is 547 Å². The second kappa shape index (κ2) is 31.3. The average molecular weight is 1300 g/mol. The van der Waals surface area contributed by atoms with Gasteiger partial charge in [-0.25, -0.2) is 23.3 Å². The second-order valence-corrected chi connectivity index (χ2v) is 28.1. The molecule has 0 saturated heterocycles. The second-order valence-electron chi connectivity index (χ2n) is 25.6. The van der Waals surface area contributed by atoms with E-state index in [9.17, 15) is 0 Å². The Morgan fingerprint density at radius 3 is 0.702 bits per heavy atom. The van der Waals surface area contributed by atoms with Crippen molar-refractivity contribution in [3.63, 3.8) is 0 Å². The Morgan fingerprint density at radius 1 is 0.333 bits per heavy atom. The molecule has 0 nitrogen and oxygen atoms in total. The predicted octanol–water partition coefficient (Wildman–Crippen LogP) is 15.6. The van der Waals surface area contributed by atoms with Gasteiger partial charge in [-0.05, 0) is 21.7 Å². The number of hydrogen-bond acceptors (Lipinski definition) is 0. The van der Waals surface area contributed by atoms with Crippen LogP contribution in [0.15, 0.2) is 242 Å². The summed E-state index contributed by atoms with van der Waals surface area (Å²) in [6, 6.07) is 74.6. The van der Waals surface area contributed by atoms with Crippen LogP contribution in [0.2, 0.25) is 0 Å². The molecule has 0 fully saturated rings. The van der Waals surface area contributed by atoms with Crippen LogP contribution >= 0.6 is 0 Å². The Hall–Kier alpha value is -5.45. The topological polar surface area (TPSA) is 0 Å². The van der Waals surface area contributed by atoms with Gasteiger partial charge in [0.2, 0.25) is 0 Å². The van der Waals surface area contributed by atoms with Crippen LogP contribution in [0.25, 0.3) is 43.1 Å². The maximum absolute atomic E-state index is 3.12. The molecule has 10 aromatic rings. The van der Waals surface area contributed by atoms with Gasteiger partial charge in [-0.3, -0.25) is 12.2 Å². The quantitative estimate of drug-likeness (QED) is 0.154. The van der Waals surface area contributed by atoms with Gasteiger partial charge >= 0.3 is 198 Å². The van der Waals surface area contributed by atoms with E-state index in [0.717, 1.165) is 12.8 Å². The van der Waals surface area contributed by atoms with E-state index < -0.39 is 0 Å². The van der Waals surface area contributed by atoms with Crippen LogP contribution in [0.3, 0.4) is 0 Å². The van der Waals surface area contributed by atoms with Crippen LogP contribution in [0.1, 0.15) is 154 Å². The molecule has 0 aromatic heterocycles. The Kier molecular flexibility index (Phi) is 25.8. The number of halogens is 2. The molecule has 428 valence electrons. The van der Waals surface area contributed by atoms with Crippen LogP contribution in [0, 0.1) is 12.2 Å². The van der Waals surface area contributed by atoms with Crippen LogP contribution < -0.4 is 24.8 Å².